The van der Waals surface area contributed by atoms with E-state index in [1.165, 1.54) is 128 Å². The van der Waals surface area contributed by atoms with Crippen LogP contribution in [0.25, 0.3) is 0 Å². The number of carbonyl (C=O) groups excluding carboxylic acids is 2. The average molecular weight is 733 g/mol. The largest absolute Gasteiger partial charge is 0.481 e. The van der Waals surface area contributed by atoms with E-state index in [0.29, 0.717) is 25.7 Å². The Kier molecular flexibility index (Phi) is 49.2. The van der Waals surface area contributed by atoms with Gasteiger partial charge >= 0.3 is 11.9 Å². The van der Waals surface area contributed by atoms with E-state index >= 15 is 0 Å². The Morgan fingerprint density at radius 2 is 0.596 bits per heavy atom. The van der Waals surface area contributed by atoms with E-state index in [0.717, 1.165) is 51.4 Å². The van der Waals surface area contributed by atoms with Crippen LogP contribution in [0.2, 0.25) is 0 Å². The molecule has 0 aromatic heterocycles. The average Bonchev–Trinajstić information content (AvgIpc) is 3.10. The molecule has 0 aliphatic heterocycles. The van der Waals surface area contributed by atoms with Crippen molar-refractivity contribution < 1.29 is 29.4 Å². The van der Waals surface area contributed by atoms with Gasteiger partial charge in [-0.1, -0.05) is 167 Å². The lowest BCUT2D eigenvalue weighted by molar-refractivity contribution is -0.138. The number of carboxylic acids is 2. The third kappa shape index (κ3) is 62.2. The molecule has 0 saturated heterocycles. The zero-order valence-corrected chi connectivity index (χ0v) is 33.7. The first-order chi connectivity index (χ1) is 25.2. The number of amides is 2. The minimum atomic E-state index is -0.745. The van der Waals surface area contributed by atoms with Crippen molar-refractivity contribution in [2.45, 2.75) is 232 Å². The van der Waals surface area contributed by atoms with Gasteiger partial charge in [0.15, 0.2) is 0 Å². The second-order valence-electron chi connectivity index (χ2n) is 14.0. The summed E-state index contributed by atoms with van der Waals surface area (Å²) in [6.07, 6.45) is 37.0. The summed E-state index contributed by atoms with van der Waals surface area (Å²) in [5.41, 5.74) is 10.1. The molecule has 0 aliphatic carbocycles. The Bertz CT molecular complexity index is 868. The van der Waals surface area contributed by atoms with Crippen molar-refractivity contribution in [2.75, 3.05) is 0 Å². The fourth-order valence-corrected chi connectivity index (χ4v) is 5.47. The highest BCUT2D eigenvalue weighted by Crippen LogP contribution is 2.13. The summed E-state index contributed by atoms with van der Waals surface area (Å²) in [6, 6.07) is 0. The topological polar surface area (TPSA) is 161 Å². The quantitative estimate of drug-likeness (QED) is 0.0380. The first-order valence-corrected chi connectivity index (χ1v) is 21.1. The van der Waals surface area contributed by atoms with Crippen LogP contribution in [0.1, 0.15) is 232 Å². The lowest BCUT2D eigenvalue weighted by Crippen LogP contribution is -2.09. The summed E-state index contributed by atoms with van der Waals surface area (Å²) in [4.78, 5) is 41.5. The van der Waals surface area contributed by atoms with Crippen molar-refractivity contribution in [1.82, 2.24) is 0 Å². The van der Waals surface area contributed by atoms with Crippen molar-refractivity contribution in [3.05, 3.63) is 0 Å². The SMILES string of the molecule is CCCCCCCCCCCCCC(N)=O.CCCCCCCCCCCCCC(N)=O.O=C(O)CCCCCC#CC#CCCCCCC(=O)O. The highest BCUT2D eigenvalue weighted by molar-refractivity contribution is 5.73. The van der Waals surface area contributed by atoms with Gasteiger partial charge in [-0.25, -0.2) is 0 Å². The van der Waals surface area contributed by atoms with E-state index in [4.69, 9.17) is 21.7 Å². The fourth-order valence-electron chi connectivity index (χ4n) is 5.47. The summed E-state index contributed by atoms with van der Waals surface area (Å²) in [5, 5.41) is 16.9. The number of aliphatic carboxylic acids is 2. The fraction of sp³-hybridized carbons (Fsp3) is 0.818. The zero-order chi connectivity index (χ0) is 39.2. The molecule has 0 unspecified atom stereocenters. The lowest BCUT2D eigenvalue weighted by Gasteiger charge is -2.01. The Hall–Kier alpha value is -3.00. The van der Waals surface area contributed by atoms with Crippen molar-refractivity contribution in [3.63, 3.8) is 0 Å². The molecule has 0 aromatic carbocycles. The molecule has 0 aromatic rings. The molecule has 0 radical (unpaired) electrons. The van der Waals surface area contributed by atoms with E-state index in [9.17, 15) is 19.2 Å². The Morgan fingerprint density at radius 3 is 0.846 bits per heavy atom. The maximum atomic E-state index is 10.5. The standard InChI is InChI=1S/C16H22O4.2C14H29NO/c17-15(18)13-11-9-7-5-3-1-2-4-6-8-10-12-14-16(19)20;2*1-2-3-4-5-6-7-8-9-10-11-12-13-14(15)16/h5-14H2,(H,17,18)(H,19,20);2*2-13H2,1H3,(H2,15,16). The highest BCUT2D eigenvalue weighted by Gasteiger charge is 1.98. The van der Waals surface area contributed by atoms with Crippen LogP contribution in [0, 0.1) is 23.7 Å². The van der Waals surface area contributed by atoms with Gasteiger partial charge in [-0.3, -0.25) is 19.2 Å². The molecule has 2 amide bonds. The van der Waals surface area contributed by atoms with Crippen molar-refractivity contribution >= 4 is 23.8 Å². The molecule has 0 aliphatic rings. The van der Waals surface area contributed by atoms with Crippen LogP contribution >= 0.6 is 0 Å². The van der Waals surface area contributed by atoms with Gasteiger partial charge < -0.3 is 21.7 Å². The normalized spacial score (nSPS) is 9.96. The Balaban J connectivity index is -0.000000699. The summed E-state index contributed by atoms with van der Waals surface area (Å²) in [5.74, 6) is 9.63. The molecule has 0 heterocycles. The van der Waals surface area contributed by atoms with E-state index in [1.54, 1.807) is 0 Å². The molecular weight excluding hydrogens is 652 g/mol. The molecular formula is C44H80N2O6. The number of nitrogens with two attached hydrogens (primary N) is 2. The molecule has 0 bridgehead atoms. The van der Waals surface area contributed by atoms with Gasteiger partial charge in [-0.15, -0.1) is 0 Å². The van der Waals surface area contributed by atoms with Crippen LogP contribution in [-0.4, -0.2) is 34.0 Å². The van der Waals surface area contributed by atoms with E-state index in [-0.39, 0.29) is 24.7 Å². The molecule has 302 valence electrons. The van der Waals surface area contributed by atoms with Gasteiger partial charge in [0.1, 0.15) is 0 Å². The van der Waals surface area contributed by atoms with Gasteiger partial charge in [0, 0.05) is 38.5 Å². The van der Waals surface area contributed by atoms with Gasteiger partial charge in [0.2, 0.25) is 11.8 Å². The van der Waals surface area contributed by atoms with Crippen LogP contribution < -0.4 is 11.5 Å². The summed E-state index contributed by atoms with van der Waals surface area (Å²) in [6.45, 7) is 4.51. The number of carbonyl (C=O) groups is 4. The van der Waals surface area contributed by atoms with Gasteiger partial charge in [-0.05, 0) is 50.4 Å². The van der Waals surface area contributed by atoms with Crippen molar-refractivity contribution in [2.24, 2.45) is 11.5 Å². The molecule has 52 heavy (non-hydrogen) atoms. The predicted molar refractivity (Wildman–Crippen MR) is 218 cm³/mol. The molecule has 0 fully saturated rings. The Morgan fingerprint density at radius 1 is 0.365 bits per heavy atom. The number of hydrogen-bond acceptors (Lipinski definition) is 4. The highest BCUT2D eigenvalue weighted by atomic mass is 16.4. The molecule has 6 N–H and O–H groups in total. The first-order valence-electron chi connectivity index (χ1n) is 21.1. The predicted octanol–water partition coefficient (Wildman–Crippen LogP) is 11.4. The zero-order valence-electron chi connectivity index (χ0n) is 33.7. The summed E-state index contributed by atoms with van der Waals surface area (Å²) < 4.78 is 0. The Labute approximate surface area is 319 Å². The van der Waals surface area contributed by atoms with Crippen LogP contribution in [-0.2, 0) is 19.2 Å². The van der Waals surface area contributed by atoms with Gasteiger partial charge in [0.25, 0.3) is 0 Å². The van der Waals surface area contributed by atoms with Crippen LogP contribution in [0.3, 0.4) is 0 Å². The smallest absolute Gasteiger partial charge is 0.303 e. The number of carboxylic acid groups (broad SMARTS) is 2. The summed E-state index contributed by atoms with van der Waals surface area (Å²) in [7, 11) is 0. The van der Waals surface area contributed by atoms with E-state index in [1.807, 2.05) is 0 Å². The van der Waals surface area contributed by atoms with Crippen LogP contribution in [0.5, 0.6) is 0 Å². The molecule has 0 atom stereocenters. The number of hydrogen-bond donors (Lipinski definition) is 4. The maximum Gasteiger partial charge on any atom is 0.303 e. The number of primary amides is 2. The molecule has 8 heteroatoms. The number of rotatable bonds is 34. The third-order valence-electron chi connectivity index (χ3n) is 8.68. The van der Waals surface area contributed by atoms with E-state index in [2.05, 4.69) is 37.5 Å². The molecule has 0 rings (SSSR count). The molecule has 0 saturated carbocycles. The van der Waals surface area contributed by atoms with Crippen molar-refractivity contribution in [3.8, 4) is 23.7 Å². The van der Waals surface area contributed by atoms with Gasteiger partial charge in [-0.2, -0.15) is 0 Å². The summed E-state index contributed by atoms with van der Waals surface area (Å²) >= 11 is 0. The maximum absolute atomic E-state index is 10.5. The molecule has 8 nitrogen and oxygen atoms in total. The second kappa shape index (κ2) is 48.0. The first kappa shape index (κ1) is 53.4. The van der Waals surface area contributed by atoms with Crippen LogP contribution in [0.15, 0.2) is 0 Å². The van der Waals surface area contributed by atoms with Gasteiger partial charge in [0.05, 0.1) is 0 Å². The minimum absolute atomic E-state index is 0.157. The monoisotopic (exact) mass is 733 g/mol. The third-order valence-corrected chi connectivity index (χ3v) is 8.68. The van der Waals surface area contributed by atoms with Crippen LogP contribution in [0.4, 0.5) is 0 Å². The molecule has 0 spiro atoms. The van der Waals surface area contributed by atoms with E-state index < -0.39 is 11.9 Å². The number of unbranched alkanes of at least 4 members (excludes halogenated alkanes) is 26. The minimum Gasteiger partial charge on any atom is -0.481 e. The second-order valence-corrected chi connectivity index (χ2v) is 14.0. The van der Waals surface area contributed by atoms with Crippen molar-refractivity contribution in [1.29, 1.82) is 0 Å². The lowest BCUT2D eigenvalue weighted by atomic mass is 10.1.